The standard InChI is InChI=1S/C17H29N3O2S/c1-19(11-15(21)12-20-6-8-22-9-7-20)13-16-10-18-17(23-16)14-4-2-3-5-14/h10,14-15,21H,2-9,11-13H2,1H3. The molecule has 0 aromatic carbocycles. The second-order valence-corrected chi connectivity index (χ2v) is 8.06. The Morgan fingerprint density at radius 1 is 1.39 bits per heavy atom. The topological polar surface area (TPSA) is 48.8 Å². The van der Waals surface area contributed by atoms with Gasteiger partial charge in [-0.25, -0.2) is 4.98 Å². The molecule has 2 fully saturated rings. The van der Waals surface area contributed by atoms with Crippen LogP contribution in [-0.2, 0) is 11.3 Å². The van der Waals surface area contributed by atoms with Gasteiger partial charge in [-0.2, -0.15) is 0 Å². The fraction of sp³-hybridized carbons (Fsp3) is 0.824. The first-order valence-electron chi connectivity index (χ1n) is 8.82. The highest BCUT2D eigenvalue weighted by Gasteiger charge is 2.21. The van der Waals surface area contributed by atoms with Gasteiger partial charge in [-0.3, -0.25) is 9.80 Å². The first-order valence-corrected chi connectivity index (χ1v) is 9.63. The lowest BCUT2D eigenvalue weighted by Crippen LogP contribution is -2.43. The van der Waals surface area contributed by atoms with Gasteiger partial charge < -0.3 is 9.84 Å². The fourth-order valence-corrected chi connectivity index (χ4v) is 4.75. The molecule has 130 valence electrons. The summed E-state index contributed by atoms with van der Waals surface area (Å²) in [6.07, 6.45) is 7.05. The van der Waals surface area contributed by atoms with Crippen molar-refractivity contribution in [1.82, 2.24) is 14.8 Å². The number of hydrogen-bond donors (Lipinski definition) is 1. The van der Waals surface area contributed by atoms with Crippen LogP contribution in [0, 0.1) is 0 Å². The van der Waals surface area contributed by atoms with Crippen LogP contribution < -0.4 is 0 Å². The van der Waals surface area contributed by atoms with Gasteiger partial charge in [-0.15, -0.1) is 11.3 Å². The lowest BCUT2D eigenvalue weighted by molar-refractivity contribution is 0.00830. The van der Waals surface area contributed by atoms with Gasteiger partial charge >= 0.3 is 0 Å². The summed E-state index contributed by atoms with van der Waals surface area (Å²) in [7, 11) is 2.08. The van der Waals surface area contributed by atoms with E-state index in [1.165, 1.54) is 35.6 Å². The largest absolute Gasteiger partial charge is 0.390 e. The third kappa shape index (κ3) is 5.22. The van der Waals surface area contributed by atoms with Crippen LogP contribution in [0.3, 0.4) is 0 Å². The number of aliphatic hydroxyl groups is 1. The summed E-state index contributed by atoms with van der Waals surface area (Å²) in [5, 5.41) is 11.6. The van der Waals surface area contributed by atoms with Crippen LogP contribution in [0.15, 0.2) is 6.20 Å². The maximum atomic E-state index is 10.3. The number of β-amino-alcohol motifs (C(OH)–C–C–N with tert-alkyl or cyclic N) is 1. The van der Waals surface area contributed by atoms with E-state index in [2.05, 4.69) is 21.8 Å². The molecule has 0 spiro atoms. The number of hydrogen-bond acceptors (Lipinski definition) is 6. The molecule has 0 bridgehead atoms. The van der Waals surface area contributed by atoms with E-state index >= 15 is 0 Å². The molecular weight excluding hydrogens is 310 g/mol. The lowest BCUT2D eigenvalue weighted by Gasteiger charge is -2.29. The van der Waals surface area contributed by atoms with E-state index in [0.717, 1.165) is 39.4 Å². The highest BCUT2D eigenvalue weighted by atomic mass is 32.1. The molecule has 23 heavy (non-hydrogen) atoms. The summed E-state index contributed by atoms with van der Waals surface area (Å²) < 4.78 is 5.35. The van der Waals surface area contributed by atoms with Crippen molar-refractivity contribution in [2.24, 2.45) is 0 Å². The third-order valence-electron chi connectivity index (χ3n) is 4.80. The lowest BCUT2D eigenvalue weighted by atomic mass is 10.1. The van der Waals surface area contributed by atoms with E-state index in [1.54, 1.807) is 0 Å². The number of aliphatic hydroxyl groups excluding tert-OH is 1. The minimum absolute atomic E-state index is 0.305. The molecule has 3 rings (SSSR count). The van der Waals surface area contributed by atoms with Gasteiger partial charge in [-0.05, 0) is 19.9 Å². The molecule has 1 aliphatic heterocycles. The molecule has 5 nitrogen and oxygen atoms in total. The zero-order chi connectivity index (χ0) is 16.1. The maximum Gasteiger partial charge on any atom is 0.0959 e. The molecule has 1 aromatic rings. The zero-order valence-electron chi connectivity index (χ0n) is 14.1. The van der Waals surface area contributed by atoms with Crippen molar-refractivity contribution in [3.63, 3.8) is 0 Å². The quantitative estimate of drug-likeness (QED) is 0.822. The Hall–Kier alpha value is -0.530. The normalized spacial score (nSPS) is 22.0. The van der Waals surface area contributed by atoms with E-state index in [9.17, 15) is 5.11 Å². The molecule has 1 unspecified atom stereocenters. The van der Waals surface area contributed by atoms with Crippen LogP contribution in [0.1, 0.15) is 41.5 Å². The van der Waals surface area contributed by atoms with Crippen molar-refractivity contribution in [3.05, 3.63) is 16.1 Å². The molecule has 1 saturated heterocycles. The zero-order valence-corrected chi connectivity index (χ0v) is 14.9. The van der Waals surface area contributed by atoms with Crippen LogP contribution in [0.2, 0.25) is 0 Å². The van der Waals surface area contributed by atoms with Crippen molar-refractivity contribution in [1.29, 1.82) is 0 Å². The number of nitrogens with zero attached hydrogens (tertiary/aromatic N) is 3. The Labute approximate surface area is 143 Å². The number of likely N-dealkylation sites (N-methyl/N-ethyl adjacent to an activating group) is 1. The van der Waals surface area contributed by atoms with Gasteiger partial charge in [0.1, 0.15) is 0 Å². The van der Waals surface area contributed by atoms with Crippen LogP contribution >= 0.6 is 11.3 Å². The monoisotopic (exact) mass is 339 g/mol. The van der Waals surface area contributed by atoms with Gasteiger partial charge in [0.05, 0.1) is 24.3 Å². The number of rotatable bonds is 7. The van der Waals surface area contributed by atoms with Crippen molar-refractivity contribution < 1.29 is 9.84 Å². The summed E-state index contributed by atoms with van der Waals surface area (Å²) in [6, 6.07) is 0. The van der Waals surface area contributed by atoms with E-state index in [1.807, 2.05) is 17.5 Å². The predicted molar refractivity (Wildman–Crippen MR) is 92.9 cm³/mol. The Kier molecular flexibility index (Phi) is 6.42. The Morgan fingerprint density at radius 2 is 2.13 bits per heavy atom. The fourth-order valence-electron chi connectivity index (χ4n) is 3.59. The average Bonchev–Trinajstić information content (AvgIpc) is 3.18. The Morgan fingerprint density at radius 3 is 2.87 bits per heavy atom. The van der Waals surface area contributed by atoms with Gasteiger partial charge in [0.2, 0.25) is 0 Å². The minimum Gasteiger partial charge on any atom is -0.390 e. The molecule has 0 radical (unpaired) electrons. The number of ether oxygens (including phenoxy) is 1. The van der Waals surface area contributed by atoms with Crippen LogP contribution in [0.4, 0.5) is 0 Å². The second kappa shape index (κ2) is 8.53. The first kappa shape index (κ1) is 17.3. The number of thiazole rings is 1. The van der Waals surface area contributed by atoms with Crippen LogP contribution in [0.25, 0.3) is 0 Å². The number of aromatic nitrogens is 1. The molecule has 1 aromatic heterocycles. The van der Waals surface area contributed by atoms with Crippen molar-refractivity contribution in [2.45, 2.75) is 44.2 Å². The van der Waals surface area contributed by atoms with Crippen molar-refractivity contribution in [3.8, 4) is 0 Å². The molecule has 2 heterocycles. The molecule has 1 atom stereocenters. The molecule has 1 N–H and O–H groups in total. The summed E-state index contributed by atoms with van der Waals surface area (Å²) in [5.41, 5.74) is 0. The van der Waals surface area contributed by atoms with Gasteiger partial charge in [0.15, 0.2) is 0 Å². The Balaban J connectivity index is 1.42. The minimum atomic E-state index is -0.305. The third-order valence-corrected chi connectivity index (χ3v) is 5.94. The molecule has 2 aliphatic rings. The molecule has 6 heteroatoms. The molecule has 1 saturated carbocycles. The molecule has 0 amide bonds. The van der Waals surface area contributed by atoms with E-state index < -0.39 is 0 Å². The van der Waals surface area contributed by atoms with Crippen LogP contribution in [0.5, 0.6) is 0 Å². The summed E-state index contributed by atoms with van der Waals surface area (Å²) in [4.78, 5) is 10.4. The summed E-state index contributed by atoms with van der Waals surface area (Å²) in [5.74, 6) is 0.700. The SMILES string of the molecule is CN(Cc1cnc(C2CCCC2)s1)CC(O)CN1CCOCC1. The van der Waals surface area contributed by atoms with Crippen LogP contribution in [-0.4, -0.2) is 72.4 Å². The van der Waals surface area contributed by atoms with Gasteiger partial charge in [-0.1, -0.05) is 12.8 Å². The highest BCUT2D eigenvalue weighted by Crippen LogP contribution is 2.36. The van der Waals surface area contributed by atoms with Crippen molar-refractivity contribution >= 4 is 11.3 Å². The molecule has 1 aliphatic carbocycles. The predicted octanol–water partition coefficient (Wildman–Crippen LogP) is 1.93. The highest BCUT2D eigenvalue weighted by molar-refractivity contribution is 7.11. The summed E-state index contributed by atoms with van der Waals surface area (Å²) >= 11 is 1.86. The number of morpholine rings is 1. The Bertz CT molecular complexity index is 470. The first-order chi connectivity index (χ1) is 11.2. The van der Waals surface area contributed by atoms with Gasteiger partial charge in [0.25, 0.3) is 0 Å². The molecular formula is C17H29N3O2S. The van der Waals surface area contributed by atoms with E-state index in [-0.39, 0.29) is 6.10 Å². The van der Waals surface area contributed by atoms with Gasteiger partial charge in [0, 0.05) is 49.7 Å². The van der Waals surface area contributed by atoms with Crippen molar-refractivity contribution in [2.75, 3.05) is 46.4 Å². The maximum absolute atomic E-state index is 10.3. The second-order valence-electron chi connectivity index (χ2n) is 6.91. The summed E-state index contributed by atoms with van der Waals surface area (Å²) in [6.45, 7) is 5.75. The van der Waals surface area contributed by atoms with E-state index in [0.29, 0.717) is 12.5 Å². The van der Waals surface area contributed by atoms with E-state index in [4.69, 9.17) is 4.74 Å². The smallest absolute Gasteiger partial charge is 0.0959 e. The average molecular weight is 340 g/mol.